The number of para-hydroxylation sites is 1. The fourth-order valence-corrected chi connectivity index (χ4v) is 5.18. The van der Waals surface area contributed by atoms with E-state index in [1.54, 1.807) is 11.3 Å². The molecule has 5 nitrogen and oxygen atoms in total. The molecule has 2 aliphatic rings. The predicted molar refractivity (Wildman–Crippen MR) is 103 cm³/mol. The standard InChI is InChI=1S/C20H23N3O2S/c1-13-9-23-11-15(24)8-14(23)10-22(13)12-16-6-7-18(25-16)20-21-17-4-2-3-5-19(17)26-20/h2-7,13-15,24H,8-12H2,1H3/t13-,14?,15+/m0/s1. The summed E-state index contributed by atoms with van der Waals surface area (Å²) in [5.74, 6) is 1.84. The summed E-state index contributed by atoms with van der Waals surface area (Å²) < 4.78 is 7.31. The summed E-state index contributed by atoms with van der Waals surface area (Å²) in [5.41, 5.74) is 1.02. The predicted octanol–water partition coefficient (Wildman–Crippen LogP) is 3.20. The van der Waals surface area contributed by atoms with Gasteiger partial charge in [-0.1, -0.05) is 12.1 Å². The monoisotopic (exact) mass is 369 g/mol. The van der Waals surface area contributed by atoms with Gasteiger partial charge in [0.2, 0.25) is 0 Å². The van der Waals surface area contributed by atoms with Gasteiger partial charge in [-0.05, 0) is 37.6 Å². The van der Waals surface area contributed by atoms with Crippen molar-refractivity contribution in [3.63, 3.8) is 0 Å². The minimum absolute atomic E-state index is 0.165. The van der Waals surface area contributed by atoms with Crippen LogP contribution >= 0.6 is 11.3 Å². The molecule has 0 amide bonds. The van der Waals surface area contributed by atoms with E-state index in [-0.39, 0.29) is 6.10 Å². The molecule has 3 atom stereocenters. The summed E-state index contributed by atoms with van der Waals surface area (Å²) in [5, 5.41) is 10.9. The Kier molecular flexibility index (Phi) is 4.09. The van der Waals surface area contributed by atoms with Crippen LogP contribution in [0.15, 0.2) is 40.8 Å². The molecule has 6 heteroatoms. The van der Waals surface area contributed by atoms with Gasteiger partial charge < -0.3 is 9.52 Å². The van der Waals surface area contributed by atoms with Crippen LogP contribution in [0.3, 0.4) is 0 Å². The molecule has 4 heterocycles. The second-order valence-corrected chi connectivity index (χ2v) is 8.56. The summed E-state index contributed by atoms with van der Waals surface area (Å²) in [4.78, 5) is 9.59. The van der Waals surface area contributed by atoms with E-state index in [4.69, 9.17) is 4.42 Å². The zero-order valence-corrected chi connectivity index (χ0v) is 15.7. The Labute approximate surface area is 156 Å². The molecule has 2 fully saturated rings. The molecule has 2 aromatic heterocycles. The van der Waals surface area contributed by atoms with Gasteiger partial charge in [0.05, 0.1) is 22.9 Å². The van der Waals surface area contributed by atoms with Crippen LogP contribution in [-0.4, -0.2) is 57.7 Å². The average Bonchev–Trinajstić information content (AvgIpc) is 3.32. The van der Waals surface area contributed by atoms with E-state index in [9.17, 15) is 5.11 Å². The van der Waals surface area contributed by atoms with Crippen molar-refractivity contribution in [1.82, 2.24) is 14.8 Å². The van der Waals surface area contributed by atoms with Gasteiger partial charge in [-0.3, -0.25) is 9.80 Å². The third-order valence-electron chi connectivity index (χ3n) is 5.60. The smallest absolute Gasteiger partial charge is 0.163 e. The SMILES string of the molecule is C[C@H]1CN2C[C@H](O)CC2CN1Cc1ccc(-c2nc3ccccc3s2)o1. The lowest BCUT2D eigenvalue weighted by molar-refractivity contribution is 0.0485. The van der Waals surface area contributed by atoms with E-state index in [0.29, 0.717) is 12.1 Å². The van der Waals surface area contributed by atoms with Crippen molar-refractivity contribution in [2.75, 3.05) is 19.6 Å². The van der Waals surface area contributed by atoms with Crippen molar-refractivity contribution in [3.05, 3.63) is 42.2 Å². The molecule has 0 aliphatic carbocycles. The molecule has 5 rings (SSSR count). The number of hydrogen-bond acceptors (Lipinski definition) is 6. The molecule has 2 aliphatic heterocycles. The number of piperazine rings is 1. The second-order valence-electron chi connectivity index (χ2n) is 7.53. The fraction of sp³-hybridized carbons (Fsp3) is 0.450. The first-order valence-electron chi connectivity index (χ1n) is 9.26. The van der Waals surface area contributed by atoms with Crippen molar-refractivity contribution < 1.29 is 9.52 Å². The maximum Gasteiger partial charge on any atom is 0.163 e. The number of thiazole rings is 1. The van der Waals surface area contributed by atoms with E-state index in [1.165, 1.54) is 4.70 Å². The van der Waals surface area contributed by atoms with Crippen molar-refractivity contribution >= 4 is 21.6 Å². The number of aromatic nitrogens is 1. The van der Waals surface area contributed by atoms with Gasteiger partial charge in [-0.25, -0.2) is 4.98 Å². The Bertz CT molecular complexity index is 888. The molecule has 2 saturated heterocycles. The van der Waals surface area contributed by atoms with E-state index in [0.717, 1.165) is 54.6 Å². The normalized spacial score (nSPS) is 27.2. The van der Waals surface area contributed by atoms with Gasteiger partial charge in [0.25, 0.3) is 0 Å². The number of furan rings is 1. The molecule has 1 N–H and O–H groups in total. The topological polar surface area (TPSA) is 52.7 Å². The van der Waals surface area contributed by atoms with Crippen LogP contribution in [0.1, 0.15) is 19.1 Å². The highest BCUT2D eigenvalue weighted by molar-refractivity contribution is 7.21. The summed E-state index contributed by atoms with van der Waals surface area (Å²) in [6.45, 7) is 5.92. The van der Waals surface area contributed by atoms with Crippen molar-refractivity contribution in [3.8, 4) is 10.8 Å². The lowest BCUT2D eigenvalue weighted by Crippen LogP contribution is -2.54. The van der Waals surface area contributed by atoms with Crippen LogP contribution in [0, 0.1) is 0 Å². The van der Waals surface area contributed by atoms with Crippen LogP contribution in [-0.2, 0) is 6.54 Å². The molecular weight excluding hydrogens is 346 g/mol. The van der Waals surface area contributed by atoms with Crippen LogP contribution < -0.4 is 0 Å². The zero-order valence-electron chi connectivity index (χ0n) is 14.8. The number of nitrogens with zero attached hydrogens (tertiary/aromatic N) is 3. The van der Waals surface area contributed by atoms with Crippen LogP contribution in [0.2, 0.25) is 0 Å². The minimum Gasteiger partial charge on any atom is -0.457 e. The maximum atomic E-state index is 9.93. The lowest BCUT2D eigenvalue weighted by atomic mass is 10.1. The van der Waals surface area contributed by atoms with Crippen LogP contribution in [0.4, 0.5) is 0 Å². The van der Waals surface area contributed by atoms with E-state index >= 15 is 0 Å². The Balaban J connectivity index is 1.32. The molecule has 26 heavy (non-hydrogen) atoms. The number of aliphatic hydroxyl groups excluding tert-OH is 1. The highest BCUT2D eigenvalue weighted by atomic mass is 32.1. The third-order valence-corrected chi connectivity index (χ3v) is 6.65. The highest BCUT2D eigenvalue weighted by Gasteiger charge is 2.38. The maximum absolute atomic E-state index is 9.93. The summed E-state index contributed by atoms with van der Waals surface area (Å²) in [6.07, 6.45) is 0.722. The fourth-order valence-electron chi connectivity index (χ4n) is 4.25. The summed E-state index contributed by atoms with van der Waals surface area (Å²) in [7, 11) is 0. The Morgan fingerprint density at radius 1 is 1.19 bits per heavy atom. The van der Waals surface area contributed by atoms with Gasteiger partial charge in [-0.15, -0.1) is 11.3 Å². The summed E-state index contributed by atoms with van der Waals surface area (Å²) >= 11 is 1.67. The Hall–Kier alpha value is -1.73. The Morgan fingerprint density at radius 2 is 2.08 bits per heavy atom. The van der Waals surface area contributed by atoms with E-state index in [2.05, 4.69) is 33.8 Å². The highest BCUT2D eigenvalue weighted by Crippen LogP contribution is 2.32. The van der Waals surface area contributed by atoms with Crippen LogP contribution in [0.5, 0.6) is 0 Å². The first kappa shape index (κ1) is 16.4. The van der Waals surface area contributed by atoms with Crippen molar-refractivity contribution in [2.45, 2.75) is 38.1 Å². The summed E-state index contributed by atoms with van der Waals surface area (Å²) in [6, 6.07) is 13.2. The molecule has 1 unspecified atom stereocenters. The minimum atomic E-state index is -0.165. The molecule has 0 saturated carbocycles. The molecular formula is C20H23N3O2S. The van der Waals surface area contributed by atoms with Crippen molar-refractivity contribution in [1.29, 1.82) is 0 Å². The number of hydrogen-bond donors (Lipinski definition) is 1. The molecule has 0 radical (unpaired) electrons. The lowest BCUT2D eigenvalue weighted by Gasteiger charge is -2.41. The largest absolute Gasteiger partial charge is 0.457 e. The van der Waals surface area contributed by atoms with Gasteiger partial charge in [0.1, 0.15) is 5.76 Å². The number of fused-ring (bicyclic) bond motifs is 2. The zero-order chi connectivity index (χ0) is 17.7. The number of aliphatic hydroxyl groups is 1. The molecule has 136 valence electrons. The molecule has 0 spiro atoms. The molecule has 1 aromatic carbocycles. The van der Waals surface area contributed by atoms with Gasteiger partial charge in [-0.2, -0.15) is 0 Å². The number of benzene rings is 1. The van der Waals surface area contributed by atoms with E-state index in [1.807, 2.05) is 24.3 Å². The van der Waals surface area contributed by atoms with E-state index < -0.39 is 0 Å². The molecule has 0 bridgehead atoms. The molecule has 3 aromatic rings. The van der Waals surface area contributed by atoms with Crippen molar-refractivity contribution in [2.24, 2.45) is 0 Å². The third kappa shape index (κ3) is 2.97. The van der Waals surface area contributed by atoms with Crippen LogP contribution in [0.25, 0.3) is 21.0 Å². The second kappa shape index (κ2) is 6.46. The van der Waals surface area contributed by atoms with Gasteiger partial charge in [0.15, 0.2) is 10.8 Å². The first-order valence-corrected chi connectivity index (χ1v) is 10.1. The quantitative estimate of drug-likeness (QED) is 0.768. The Morgan fingerprint density at radius 3 is 2.96 bits per heavy atom. The van der Waals surface area contributed by atoms with Gasteiger partial charge >= 0.3 is 0 Å². The first-order chi connectivity index (χ1) is 12.7. The van der Waals surface area contributed by atoms with Gasteiger partial charge in [0, 0.05) is 31.7 Å². The number of rotatable bonds is 3. The average molecular weight is 369 g/mol.